The summed E-state index contributed by atoms with van der Waals surface area (Å²) in [7, 11) is 0. The molecule has 1 rings (SSSR count). The Bertz CT molecular complexity index is 675. The first-order chi connectivity index (χ1) is 15.8. The highest BCUT2D eigenvalue weighted by molar-refractivity contribution is 5.92. The van der Waals surface area contributed by atoms with Crippen molar-refractivity contribution in [1.29, 1.82) is 0 Å². The molecule has 4 unspecified atom stereocenters. The molecule has 0 fully saturated rings. The quantitative estimate of drug-likeness (QED) is 0.264. The van der Waals surface area contributed by atoms with E-state index in [1.54, 1.807) is 12.3 Å². The lowest BCUT2D eigenvalue weighted by Gasteiger charge is -2.31. The molecule has 4 heteroatoms. The molecule has 1 amide bonds. The van der Waals surface area contributed by atoms with Crippen LogP contribution in [0.4, 0.5) is 0 Å². The van der Waals surface area contributed by atoms with Crippen LogP contribution in [0, 0.1) is 34.5 Å². The van der Waals surface area contributed by atoms with E-state index >= 15 is 0 Å². The first kappa shape index (κ1) is 30.6. The summed E-state index contributed by atoms with van der Waals surface area (Å²) in [5.74, 6) is 2.64. The molecule has 0 spiro atoms. The predicted molar refractivity (Wildman–Crippen MR) is 145 cm³/mol. The molecular weight excluding hydrogens is 420 g/mol. The highest BCUT2D eigenvalue weighted by Gasteiger charge is 2.24. The van der Waals surface area contributed by atoms with Crippen molar-refractivity contribution < 1.29 is 9.53 Å². The van der Waals surface area contributed by atoms with E-state index in [0.29, 0.717) is 41.5 Å². The molecule has 0 aliphatic carbocycles. The van der Waals surface area contributed by atoms with Crippen LogP contribution in [0.3, 0.4) is 0 Å². The predicted octanol–water partition coefficient (Wildman–Crippen LogP) is 7.79. The number of nitrogens with zero attached hydrogens (tertiary/aromatic N) is 1. The van der Waals surface area contributed by atoms with E-state index in [2.05, 4.69) is 72.6 Å². The molecule has 1 N–H and O–H groups in total. The number of amides is 1. The van der Waals surface area contributed by atoms with E-state index in [1.165, 1.54) is 32.1 Å². The van der Waals surface area contributed by atoms with Gasteiger partial charge in [0, 0.05) is 26.0 Å². The molecule has 0 aromatic carbocycles. The van der Waals surface area contributed by atoms with Crippen LogP contribution >= 0.6 is 0 Å². The Labute approximate surface area is 211 Å². The highest BCUT2D eigenvalue weighted by atomic mass is 16.5. The minimum absolute atomic E-state index is 0.119. The highest BCUT2D eigenvalue weighted by Crippen LogP contribution is 2.34. The van der Waals surface area contributed by atoms with Gasteiger partial charge in [-0.1, -0.05) is 74.8 Å². The number of nitrogens with one attached hydrogen (secondary N) is 1. The number of rotatable bonds is 15. The summed E-state index contributed by atoms with van der Waals surface area (Å²) in [4.78, 5) is 16.2. The van der Waals surface area contributed by atoms with Crippen LogP contribution in [0.2, 0.25) is 0 Å². The number of carbonyl (C=O) groups excluding carboxylic acids is 1. The third-order valence-corrected chi connectivity index (χ3v) is 6.52. The normalized spacial score (nSPS) is 16.0. The molecule has 0 bridgehead atoms. The standard InChI is InChI=1S/C30H54N2O2/c1-23(19-24(2)20-29(4,5)6)14-15-26(25(3)21-30(7,8)9)22-34-18-12-17-32-28(33)27-13-10-11-16-31-27/h10-11,13,16,23-26H,12,14-15,17-22H2,1-9H3,(H,32,33). The van der Waals surface area contributed by atoms with Gasteiger partial charge in [-0.3, -0.25) is 9.78 Å². The molecule has 0 saturated heterocycles. The van der Waals surface area contributed by atoms with Crippen LogP contribution in [-0.4, -0.2) is 30.6 Å². The van der Waals surface area contributed by atoms with E-state index in [0.717, 1.165) is 24.9 Å². The molecule has 4 atom stereocenters. The van der Waals surface area contributed by atoms with E-state index < -0.39 is 0 Å². The van der Waals surface area contributed by atoms with Crippen molar-refractivity contribution in [3.8, 4) is 0 Å². The maximum atomic E-state index is 12.1. The molecule has 0 saturated carbocycles. The Morgan fingerprint density at radius 1 is 0.971 bits per heavy atom. The lowest BCUT2D eigenvalue weighted by molar-refractivity contribution is 0.0613. The van der Waals surface area contributed by atoms with Crippen molar-refractivity contribution in [2.24, 2.45) is 34.5 Å². The van der Waals surface area contributed by atoms with E-state index in [1.807, 2.05) is 12.1 Å². The topological polar surface area (TPSA) is 51.2 Å². The average molecular weight is 475 g/mol. The number of ether oxygens (including phenoxy) is 1. The first-order valence-electron chi connectivity index (χ1n) is 13.5. The van der Waals surface area contributed by atoms with Gasteiger partial charge in [0.1, 0.15) is 5.69 Å². The van der Waals surface area contributed by atoms with Crippen molar-refractivity contribution in [3.05, 3.63) is 30.1 Å². The second-order valence-corrected chi connectivity index (χ2v) is 13.2. The fourth-order valence-electron chi connectivity index (χ4n) is 5.30. The Morgan fingerprint density at radius 3 is 2.24 bits per heavy atom. The van der Waals surface area contributed by atoms with Crippen molar-refractivity contribution in [3.63, 3.8) is 0 Å². The third-order valence-electron chi connectivity index (χ3n) is 6.52. The van der Waals surface area contributed by atoms with Gasteiger partial charge in [-0.2, -0.15) is 0 Å². The van der Waals surface area contributed by atoms with Crippen molar-refractivity contribution >= 4 is 5.91 Å². The van der Waals surface area contributed by atoms with E-state index in [4.69, 9.17) is 4.74 Å². The molecule has 0 aliphatic rings. The molecule has 4 nitrogen and oxygen atoms in total. The zero-order chi connectivity index (χ0) is 25.8. The first-order valence-corrected chi connectivity index (χ1v) is 13.5. The Hall–Kier alpha value is -1.42. The second-order valence-electron chi connectivity index (χ2n) is 13.2. The lowest BCUT2D eigenvalue weighted by Crippen LogP contribution is -2.27. The minimum Gasteiger partial charge on any atom is -0.381 e. The summed E-state index contributed by atoms with van der Waals surface area (Å²) in [6, 6.07) is 5.38. The van der Waals surface area contributed by atoms with Gasteiger partial charge in [-0.15, -0.1) is 0 Å². The van der Waals surface area contributed by atoms with Crippen LogP contribution in [0.5, 0.6) is 0 Å². The van der Waals surface area contributed by atoms with E-state index in [-0.39, 0.29) is 5.91 Å². The fraction of sp³-hybridized carbons (Fsp3) is 0.800. The summed E-state index contributed by atoms with van der Waals surface area (Å²) in [6.07, 6.45) is 8.79. The fourth-order valence-corrected chi connectivity index (χ4v) is 5.30. The molecular formula is C30H54N2O2. The van der Waals surface area contributed by atoms with Gasteiger partial charge in [0.05, 0.1) is 0 Å². The lowest BCUT2D eigenvalue weighted by atomic mass is 9.76. The average Bonchev–Trinajstić information content (AvgIpc) is 2.70. The SMILES string of the molecule is CC(CCC(COCCCNC(=O)c1ccccn1)C(C)CC(C)(C)C)CC(C)CC(C)(C)C. The molecule has 0 radical (unpaired) electrons. The summed E-state index contributed by atoms with van der Waals surface area (Å²) < 4.78 is 6.13. The van der Waals surface area contributed by atoms with Gasteiger partial charge in [0.25, 0.3) is 5.91 Å². The monoisotopic (exact) mass is 474 g/mol. The maximum Gasteiger partial charge on any atom is 0.269 e. The summed E-state index contributed by atoms with van der Waals surface area (Å²) in [6.45, 7) is 23.4. The van der Waals surface area contributed by atoms with Crippen LogP contribution < -0.4 is 5.32 Å². The smallest absolute Gasteiger partial charge is 0.269 e. The summed E-state index contributed by atoms with van der Waals surface area (Å²) >= 11 is 0. The van der Waals surface area contributed by atoms with Crippen LogP contribution in [0.25, 0.3) is 0 Å². The Morgan fingerprint density at radius 2 is 1.65 bits per heavy atom. The van der Waals surface area contributed by atoms with Gasteiger partial charge in [0.15, 0.2) is 0 Å². The van der Waals surface area contributed by atoms with Crippen molar-refractivity contribution in [2.75, 3.05) is 19.8 Å². The third kappa shape index (κ3) is 14.8. The van der Waals surface area contributed by atoms with Gasteiger partial charge >= 0.3 is 0 Å². The van der Waals surface area contributed by atoms with Crippen LogP contribution in [0.1, 0.15) is 111 Å². The number of hydrogen-bond acceptors (Lipinski definition) is 3. The number of aromatic nitrogens is 1. The van der Waals surface area contributed by atoms with Crippen LogP contribution in [-0.2, 0) is 4.74 Å². The van der Waals surface area contributed by atoms with Crippen LogP contribution in [0.15, 0.2) is 24.4 Å². The van der Waals surface area contributed by atoms with Gasteiger partial charge in [-0.25, -0.2) is 0 Å². The van der Waals surface area contributed by atoms with Gasteiger partial charge in [-0.05, 0) is 78.7 Å². The van der Waals surface area contributed by atoms with Gasteiger partial charge < -0.3 is 10.1 Å². The largest absolute Gasteiger partial charge is 0.381 e. The molecule has 1 heterocycles. The second kappa shape index (κ2) is 14.9. The zero-order valence-corrected chi connectivity index (χ0v) is 23.7. The zero-order valence-electron chi connectivity index (χ0n) is 23.7. The summed E-state index contributed by atoms with van der Waals surface area (Å²) in [5, 5.41) is 2.93. The minimum atomic E-state index is -0.119. The molecule has 0 aliphatic heterocycles. The Kier molecular flexibility index (Phi) is 13.4. The van der Waals surface area contributed by atoms with Gasteiger partial charge in [0.2, 0.25) is 0 Å². The number of carbonyl (C=O) groups is 1. The molecule has 196 valence electrons. The molecule has 1 aromatic rings. The summed E-state index contributed by atoms with van der Waals surface area (Å²) in [5.41, 5.74) is 1.21. The number of hydrogen-bond donors (Lipinski definition) is 1. The molecule has 34 heavy (non-hydrogen) atoms. The maximum absolute atomic E-state index is 12.1. The number of pyridine rings is 1. The van der Waals surface area contributed by atoms with E-state index in [9.17, 15) is 4.79 Å². The molecule has 1 aromatic heterocycles. The van der Waals surface area contributed by atoms with Crippen molar-refractivity contribution in [1.82, 2.24) is 10.3 Å². The van der Waals surface area contributed by atoms with Crippen molar-refractivity contribution in [2.45, 2.75) is 101 Å². The Balaban J connectivity index is 2.44.